The summed E-state index contributed by atoms with van der Waals surface area (Å²) in [7, 11) is 0. The van der Waals surface area contributed by atoms with Crippen molar-refractivity contribution in [2.75, 3.05) is 5.32 Å². The van der Waals surface area contributed by atoms with Gasteiger partial charge in [-0.25, -0.2) is 4.79 Å². The molecule has 0 aliphatic carbocycles. The molecule has 0 aliphatic heterocycles. The van der Waals surface area contributed by atoms with Crippen molar-refractivity contribution in [2.45, 2.75) is 19.4 Å². The van der Waals surface area contributed by atoms with Gasteiger partial charge in [0.15, 0.2) is 5.54 Å². The van der Waals surface area contributed by atoms with Crippen molar-refractivity contribution < 1.29 is 9.90 Å². The van der Waals surface area contributed by atoms with Crippen molar-refractivity contribution >= 4 is 34.9 Å². The summed E-state index contributed by atoms with van der Waals surface area (Å²) in [4.78, 5) is 11.8. The number of carbonyl (C=O) groups is 1. The first-order chi connectivity index (χ1) is 9.84. The normalized spacial score (nSPS) is 13.5. The molecule has 0 aromatic heterocycles. The lowest BCUT2D eigenvalue weighted by atomic mass is 9.91. The topological polar surface area (TPSA) is 49.3 Å². The standard InChI is InChI=1S/C16H15Cl2NO2/c1-10-6-8-11(9-7-10)19-16(2,15(20)21)12-4-3-5-13(17)14(12)18/h3-9,19H,1-2H3,(H,20,21). The first kappa shape index (κ1) is 15.7. The maximum atomic E-state index is 11.8. The van der Waals surface area contributed by atoms with Crippen molar-refractivity contribution in [3.05, 3.63) is 63.6 Å². The van der Waals surface area contributed by atoms with Crippen molar-refractivity contribution in [1.82, 2.24) is 0 Å². The Morgan fingerprint density at radius 1 is 1.14 bits per heavy atom. The highest BCUT2D eigenvalue weighted by atomic mass is 35.5. The molecule has 0 aliphatic rings. The van der Waals surface area contributed by atoms with Crippen molar-refractivity contribution in [1.29, 1.82) is 0 Å². The number of carboxylic acids is 1. The predicted octanol–water partition coefficient (Wildman–Crippen LogP) is 4.71. The van der Waals surface area contributed by atoms with Crippen LogP contribution < -0.4 is 5.32 Å². The molecule has 2 rings (SSSR count). The molecule has 2 N–H and O–H groups in total. The summed E-state index contributed by atoms with van der Waals surface area (Å²) in [5.41, 5.74) is 0.835. The summed E-state index contributed by atoms with van der Waals surface area (Å²) in [6, 6.07) is 12.4. The van der Waals surface area contributed by atoms with E-state index < -0.39 is 11.5 Å². The summed E-state index contributed by atoms with van der Waals surface area (Å²) < 4.78 is 0. The minimum Gasteiger partial charge on any atom is -0.479 e. The number of carboxylic acid groups (broad SMARTS) is 1. The van der Waals surface area contributed by atoms with Crippen LogP contribution in [0.15, 0.2) is 42.5 Å². The number of rotatable bonds is 4. The first-order valence-electron chi connectivity index (χ1n) is 6.37. The number of nitrogens with one attached hydrogen (secondary N) is 1. The second-order valence-electron chi connectivity index (χ2n) is 5.02. The van der Waals surface area contributed by atoms with Gasteiger partial charge in [0, 0.05) is 11.3 Å². The van der Waals surface area contributed by atoms with Crippen molar-refractivity contribution in [2.24, 2.45) is 0 Å². The molecular weight excluding hydrogens is 309 g/mol. The Hall–Kier alpha value is -1.71. The largest absolute Gasteiger partial charge is 0.479 e. The lowest BCUT2D eigenvalue weighted by Gasteiger charge is -2.29. The Labute approximate surface area is 133 Å². The average molecular weight is 324 g/mol. The minimum atomic E-state index is -1.38. The van der Waals surface area contributed by atoms with E-state index in [4.69, 9.17) is 23.2 Å². The summed E-state index contributed by atoms with van der Waals surface area (Å²) >= 11 is 12.2. The number of aliphatic carboxylic acids is 1. The molecule has 0 radical (unpaired) electrons. The molecule has 0 saturated heterocycles. The maximum absolute atomic E-state index is 11.8. The zero-order valence-electron chi connectivity index (χ0n) is 11.7. The highest BCUT2D eigenvalue weighted by Crippen LogP contribution is 2.35. The van der Waals surface area contributed by atoms with Gasteiger partial charge in [-0.05, 0) is 32.0 Å². The molecule has 2 aromatic carbocycles. The van der Waals surface area contributed by atoms with Gasteiger partial charge in [-0.3, -0.25) is 0 Å². The lowest BCUT2D eigenvalue weighted by Crippen LogP contribution is -2.40. The van der Waals surface area contributed by atoms with E-state index in [0.29, 0.717) is 16.3 Å². The molecule has 5 heteroatoms. The van der Waals surface area contributed by atoms with Crippen LogP contribution in [0.2, 0.25) is 10.0 Å². The molecule has 0 saturated carbocycles. The van der Waals surface area contributed by atoms with Gasteiger partial charge in [0.05, 0.1) is 10.0 Å². The fourth-order valence-electron chi connectivity index (χ4n) is 2.05. The second kappa shape index (κ2) is 5.96. The maximum Gasteiger partial charge on any atom is 0.333 e. The summed E-state index contributed by atoms with van der Waals surface area (Å²) in [5.74, 6) is -1.03. The molecule has 110 valence electrons. The molecular formula is C16H15Cl2NO2. The van der Waals surface area contributed by atoms with E-state index in [-0.39, 0.29) is 5.02 Å². The molecule has 0 bridgehead atoms. The molecule has 0 heterocycles. The summed E-state index contributed by atoms with van der Waals surface area (Å²) in [6.07, 6.45) is 0. The van der Waals surface area contributed by atoms with Crippen LogP contribution in [0.1, 0.15) is 18.1 Å². The third-order valence-corrected chi connectivity index (χ3v) is 4.18. The highest BCUT2D eigenvalue weighted by molar-refractivity contribution is 6.42. The van der Waals surface area contributed by atoms with Gasteiger partial charge in [-0.2, -0.15) is 0 Å². The molecule has 3 nitrogen and oxygen atoms in total. The molecule has 1 atom stereocenters. The second-order valence-corrected chi connectivity index (χ2v) is 5.81. The van der Waals surface area contributed by atoms with Crippen molar-refractivity contribution in [3.63, 3.8) is 0 Å². The summed E-state index contributed by atoms with van der Waals surface area (Å²) in [6.45, 7) is 3.53. The quantitative estimate of drug-likeness (QED) is 0.856. The third-order valence-electron chi connectivity index (χ3n) is 3.36. The van der Waals surface area contributed by atoms with Crippen LogP contribution in [-0.2, 0) is 10.3 Å². The number of hydrogen-bond donors (Lipinski definition) is 2. The Balaban J connectivity index is 2.48. The highest BCUT2D eigenvalue weighted by Gasteiger charge is 2.37. The first-order valence-corrected chi connectivity index (χ1v) is 7.13. The monoisotopic (exact) mass is 323 g/mol. The lowest BCUT2D eigenvalue weighted by molar-refractivity contribution is -0.142. The Morgan fingerprint density at radius 2 is 1.76 bits per heavy atom. The van der Waals surface area contributed by atoms with E-state index in [1.807, 2.05) is 31.2 Å². The zero-order valence-corrected chi connectivity index (χ0v) is 13.2. The number of hydrogen-bond acceptors (Lipinski definition) is 2. The number of benzene rings is 2. The number of aryl methyl sites for hydroxylation is 1. The van der Waals surface area contributed by atoms with Crippen LogP contribution in [0.4, 0.5) is 5.69 Å². The van der Waals surface area contributed by atoms with E-state index in [1.165, 1.54) is 0 Å². The van der Waals surface area contributed by atoms with Crippen LogP contribution in [-0.4, -0.2) is 11.1 Å². The van der Waals surface area contributed by atoms with Gasteiger partial charge in [-0.15, -0.1) is 0 Å². The van der Waals surface area contributed by atoms with E-state index >= 15 is 0 Å². The van der Waals surface area contributed by atoms with E-state index in [2.05, 4.69) is 5.32 Å². The van der Waals surface area contributed by atoms with Gasteiger partial charge in [0.1, 0.15) is 0 Å². The van der Waals surface area contributed by atoms with Gasteiger partial charge < -0.3 is 10.4 Å². The Morgan fingerprint density at radius 3 is 2.33 bits per heavy atom. The molecule has 0 amide bonds. The average Bonchev–Trinajstić information content (AvgIpc) is 2.44. The van der Waals surface area contributed by atoms with Crippen LogP contribution in [0.25, 0.3) is 0 Å². The van der Waals surface area contributed by atoms with Gasteiger partial charge >= 0.3 is 5.97 Å². The molecule has 1 unspecified atom stereocenters. The van der Waals surface area contributed by atoms with Crippen LogP contribution in [0.3, 0.4) is 0 Å². The fourth-order valence-corrected chi connectivity index (χ4v) is 2.54. The fraction of sp³-hybridized carbons (Fsp3) is 0.188. The van der Waals surface area contributed by atoms with E-state index in [0.717, 1.165) is 5.56 Å². The number of anilines is 1. The zero-order chi connectivity index (χ0) is 15.6. The molecule has 0 fully saturated rings. The predicted molar refractivity (Wildman–Crippen MR) is 86.3 cm³/mol. The van der Waals surface area contributed by atoms with Crippen molar-refractivity contribution in [3.8, 4) is 0 Å². The van der Waals surface area contributed by atoms with Crippen LogP contribution in [0.5, 0.6) is 0 Å². The van der Waals surface area contributed by atoms with Crippen LogP contribution in [0, 0.1) is 6.92 Å². The van der Waals surface area contributed by atoms with E-state index in [9.17, 15) is 9.90 Å². The third kappa shape index (κ3) is 3.14. The molecule has 21 heavy (non-hydrogen) atoms. The smallest absolute Gasteiger partial charge is 0.333 e. The Bertz CT molecular complexity index is 670. The SMILES string of the molecule is Cc1ccc(NC(C)(C(=O)O)c2cccc(Cl)c2Cl)cc1. The van der Waals surface area contributed by atoms with Crippen LogP contribution >= 0.6 is 23.2 Å². The van der Waals surface area contributed by atoms with E-state index in [1.54, 1.807) is 25.1 Å². The molecule has 0 spiro atoms. The van der Waals surface area contributed by atoms with Gasteiger partial charge in [-0.1, -0.05) is 53.0 Å². The van der Waals surface area contributed by atoms with Gasteiger partial charge in [0.25, 0.3) is 0 Å². The number of halogens is 2. The Kier molecular flexibility index (Phi) is 4.45. The van der Waals surface area contributed by atoms with Gasteiger partial charge in [0.2, 0.25) is 0 Å². The molecule has 2 aromatic rings. The minimum absolute atomic E-state index is 0.240. The summed E-state index contributed by atoms with van der Waals surface area (Å²) in [5, 5.41) is 13.2.